The molecule has 1 aliphatic carbocycles. The maximum atomic E-state index is 5.96. The van der Waals surface area contributed by atoms with Gasteiger partial charge in [-0.15, -0.1) is 0 Å². The third-order valence-corrected chi connectivity index (χ3v) is 3.04. The van der Waals surface area contributed by atoms with Crippen LogP contribution >= 0.6 is 0 Å². The van der Waals surface area contributed by atoms with E-state index in [0.717, 1.165) is 18.5 Å². The highest BCUT2D eigenvalue weighted by molar-refractivity contribution is 5.52. The smallest absolute Gasteiger partial charge is 0.237 e. The second-order valence-corrected chi connectivity index (χ2v) is 4.33. The fraction of sp³-hybridized carbons (Fsp3) is 0.583. The molecule has 3 N–H and O–H groups in total. The fourth-order valence-corrected chi connectivity index (χ4v) is 2.24. The van der Waals surface area contributed by atoms with Crippen molar-refractivity contribution in [3.05, 3.63) is 18.3 Å². The van der Waals surface area contributed by atoms with Crippen molar-refractivity contribution in [1.29, 1.82) is 0 Å². The number of nitrogens with zero attached hydrogens (tertiary/aromatic N) is 1. The standard InChI is InChI=1S/C12H19N3O/c1-16-12-11(6-3-7-14-12)15-10-5-2-4-9(13)8-10/h3,6-7,9-10,15H,2,4-5,8,13H2,1H3. The zero-order valence-electron chi connectivity index (χ0n) is 9.65. The topological polar surface area (TPSA) is 60.2 Å². The lowest BCUT2D eigenvalue weighted by Crippen LogP contribution is -2.34. The first-order valence-corrected chi connectivity index (χ1v) is 5.80. The van der Waals surface area contributed by atoms with E-state index in [2.05, 4.69) is 10.3 Å². The van der Waals surface area contributed by atoms with Gasteiger partial charge in [0.15, 0.2) is 0 Å². The van der Waals surface area contributed by atoms with Gasteiger partial charge in [-0.25, -0.2) is 4.98 Å². The van der Waals surface area contributed by atoms with Gasteiger partial charge in [-0.3, -0.25) is 0 Å². The summed E-state index contributed by atoms with van der Waals surface area (Å²) in [5, 5.41) is 3.46. The molecule has 2 atom stereocenters. The molecule has 4 heteroatoms. The van der Waals surface area contributed by atoms with Crippen LogP contribution in [0.25, 0.3) is 0 Å². The molecule has 0 radical (unpaired) electrons. The van der Waals surface area contributed by atoms with Crippen LogP contribution in [-0.4, -0.2) is 24.2 Å². The van der Waals surface area contributed by atoms with Crippen molar-refractivity contribution in [3.8, 4) is 5.88 Å². The maximum Gasteiger partial charge on any atom is 0.237 e. The van der Waals surface area contributed by atoms with Crippen molar-refractivity contribution in [2.75, 3.05) is 12.4 Å². The predicted molar refractivity (Wildman–Crippen MR) is 64.6 cm³/mol. The van der Waals surface area contributed by atoms with Gasteiger partial charge < -0.3 is 15.8 Å². The Morgan fingerprint density at radius 3 is 3.12 bits per heavy atom. The van der Waals surface area contributed by atoms with Gasteiger partial charge in [-0.2, -0.15) is 0 Å². The second-order valence-electron chi connectivity index (χ2n) is 4.33. The van der Waals surface area contributed by atoms with Gasteiger partial charge in [-0.1, -0.05) is 0 Å². The lowest BCUT2D eigenvalue weighted by Gasteiger charge is -2.28. The molecule has 0 aromatic carbocycles. The van der Waals surface area contributed by atoms with Gasteiger partial charge in [0.25, 0.3) is 0 Å². The van der Waals surface area contributed by atoms with Crippen LogP contribution in [0.4, 0.5) is 5.69 Å². The average molecular weight is 221 g/mol. The SMILES string of the molecule is COc1ncccc1NC1CCCC(N)C1. The monoisotopic (exact) mass is 221 g/mol. The maximum absolute atomic E-state index is 5.96. The zero-order chi connectivity index (χ0) is 11.4. The van der Waals surface area contributed by atoms with Crippen LogP contribution in [0.5, 0.6) is 5.88 Å². The average Bonchev–Trinajstić information content (AvgIpc) is 2.30. The first-order chi connectivity index (χ1) is 7.79. The number of rotatable bonds is 3. The number of pyridine rings is 1. The number of aromatic nitrogens is 1. The highest BCUT2D eigenvalue weighted by Gasteiger charge is 2.19. The molecule has 1 saturated carbocycles. The van der Waals surface area contributed by atoms with Crippen molar-refractivity contribution in [3.63, 3.8) is 0 Å². The van der Waals surface area contributed by atoms with E-state index < -0.39 is 0 Å². The zero-order valence-corrected chi connectivity index (χ0v) is 9.65. The minimum atomic E-state index is 0.328. The Bertz CT molecular complexity index is 343. The van der Waals surface area contributed by atoms with Crippen LogP contribution in [0.15, 0.2) is 18.3 Å². The molecule has 1 fully saturated rings. The second kappa shape index (κ2) is 5.16. The van der Waals surface area contributed by atoms with Gasteiger partial charge in [0.1, 0.15) is 0 Å². The predicted octanol–water partition coefficient (Wildman–Crippen LogP) is 1.77. The van der Waals surface area contributed by atoms with Crippen LogP contribution < -0.4 is 15.8 Å². The minimum Gasteiger partial charge on any atom is -0.480 e. The van der Waals surface area contributed by atoms with E-state index in [1.54, 1.807) is 13.3 Å². The summed E-state index contributed by atoms with van der Waals surface area (Å²) in [6.45, 7) is 0. The van der Waals surface area contributed by atoms with E-state index in [1.165, 1.54) is 12.8 Å². The Hall–Kier alpha value is -1.29. The van der Waals surface area contributed by atoms with Gasteiger partial charge in [-0.05, 0) is 37.8 Å². The molecular formula is C12H19N3O. The third-order valence-electron chi connectivity index (χ3n) is 3.04. The van der Waals surface area contributed by atoms with Crippen LogP contribution in [0.3, 0.4) is 0 Å². The normalized spacial score (nSPS) is 25.1. The van der Waals surface area contributed by atoms with Crippen LogP contribution in [0.1, 0.15) is 25.7 Å². The Labute approximate surface area is 96.2 Å². The molecule has 0 amide bonds. The quantitative estimate of drug-likeness (QED) is 0.816. The van der Waals surface area contributed by atoms with E-state index in [0.29, 0.717) is 18.0 Å². The Morgan fingerprint density at radius 1 is 1.50 bits per heavy atom. The first-order valence-electron chi connectivity index (χ1n) is 5.80. The van der Waals surface area contributed by atoms with Gasteiger partial charge in [0.05, 0.1) is 12.8 Å². The Morgan fingerprint density at radius 2 is 2.38 bits per heavy atom. The molecule has 1 aromatic rings. The molecule has 0 spiro atoms. The molecular weight excluding hydrogens is 202 g/mol. The van der Waals surface area contributed by atoms with Gasteiger partial charge in [0.2, 0.25) is 5.88 Å². The Balaban J connectivity index is 2.02. The number of nitrogens with two attached hydrogens (primary N) is 1. The van der Waals surface area contributed by atoms with E-state index in [-0.39, 0.29) is 0 Å². The summed E-state index contributed by atoms with van der Waals surface area (Å²) in [6, 6.07) is 4.68. The lowest BCUT2D eigenvalue weighted by molar-refractivity contribution is 0.391. The summed E-state index contributed by atoms with van der Waals surface area (Å²) in [5.41, 5.74) is 6.92. The molecule has 2 rings (SSSR count). The van der Waals surface area contributed by atoms with Crippen molar-refractivity contribution >= 4 is 5.69 Å². The summed E-state index contributed by atoms with van der Waals surface area (Å²) >= 11 is 0. The molecule has 88 valence electrons. The highest BCUT2D eigenvalue weighted by atomic mass is 16.5. The van der Waals surface area contributed by atoms with Crippen molar-refractivity contribution in [1.82, 2.24) is 4.98 Å². The van der Waals surface area contributed by atoms with Gasteiger partial charge >= 0.3 is 0 Å². The third kappa shape index (κ3) is 2.64. The summed E-state index contributed by atoms with van der Waals surface area (Å²) in [5.74, 6) is 0.654. The molecule has 1 heterocycles. The molecule has 2 unspecified atom stereocenters. The summed E-state index contributed by atoms with van der Waals surface area (Å²) in [6.07, 6.45) is 6.27. The molecule has 1 aliphatic rings. The van der Waals surface area contributed by atoms with E-state index in [4.69, 9.17) is 10.5 Å². The van der Waals surface area contributed by atoms with E-state index >= 15 is 0 Å². The summed E-state index contributed by atoms with van der Waals surface area (Å²) in [7, 11) is 1.64. The first kappa shape index (κ1) is 11.2. The highest BCUT2D eigenvalue weighted by Crippen LogP contribution is 2.25. The molecule has 4 nitrogen and oxygen atoms in total. The number of ether oxygens (including phenoxy) is 1. The summed E-state index contributed by atoms with van der Waals surface area (Å²) < 4.78 is 5.21. The van der Waals surface area contributed by atoms with E-state index in [9.17, 15) is 0 Å². The molecule has 0 saturated heterocycles. The van der Waals surface area contributed by atoms with E-state index in [1.807, 2.05) is 12.1 Å². The van der Waals surface area contributed by atoms with Crippen LogP contribution in [0.2, 0.25) is 0 Å². The molecule has 0 bridgehead atoms. The van der Waals surface area contributed by atoms with Crippen molar-refractivity contribution < 1.29 is 4.74 Å². The lowest BCUT2D eigenvalue weighted by atomic mass is 9.91. The van der Waals surface area contributed by atoms with Crippen molar-refractivity contribution in [2.45, 2.75) is 37.8 Å². The number of methoxy groups -OCH3 is 1. The Kier molecular flexibility index (Phi) is 3.62. The molecule has 0 aliphatic heterocycles. The number of hydrogen-bond acceptors (Lipinski definition) is 4. The fourth-order valence-electron chi connectivity index (χ4n) is 2.24. The molecule has 16 heavy (non-hydrogen) atoms. The van der Waals surface area contributed by atoms with Crippen molar-refractivity contribution in [2.24, 2.45) is 5.73 Å². The number of anilines is 1. The largest absolute Gasteiger partial charge is 0.480 e. The van der Waals surface area contributed by atoms with Crippen LogP contribution in [0, 0.1) is 0 Å². The van der Waals surface area contributed by atoms with Crippen LogP contribution in [-0.2, 0) is 0 Å². The number of hydrogen-bond donors (Lipinski definition) is 2. The molecule has 1 aromatic heterocycles. The number of nitrogens with one attached hydrogen (secondary N) is 1. The summed E-state index contributed by atoms with van der Waals surface area (Å²) in [4.78, 5) is 4.17. The minimum absolute atomic E-state index is 0.328. The van der Waals surface area contributed by atoms with Gasteiger partial charge in [0, 0.05) is 18.3 Å².